The number of hydrogen-bond acceptors (Lipinski definition) is 5. The molecule has 6 nitrogen and oxygen atoms in total. The summed E-state index contributed by atoms with van der Waals surface area (Å²) in [6.07, 6.45) is -4.79. The van der Waals surface area contributed by atoms with E-state index in [2.05, 4.69) is 15.3 Å². The standard InChI is InChI=1S/C20H18F6N4O2/c21-14-7-27-19(28-8-14)29-15-9-30(18(31)6-5-17(22)23)10-16(15)32-11-12-1-3-13(4-2-12)20(24,25)26/h1-8,15-17H,9-11H2,(H,27,28,29)/b6-5+/t15-,16-/m1/s1. The minimum absolute atomic E-state index is 0.0336. The summed E-state index contributed by atoms with van der Waals surface area (Å²) in [5.74, 6) is -1.24. The summed E-state index contributed by atoms with van der Waals surface area (Å²) in [7, 11) is 0. The first-order valence-electron chi connectivity index (χ1n) is 9.39. The van der Waals surface area contributed by atoms with Gasteiger partial charge in [-0.25, -0.2) is 23.1 Å². The summed E-state index contributed by atoms with van der Waals surface area (Å²) in [6, 6.07) is 3.84. The molecular weight excluding hydrogens is 442 g/mol. The van der Waals surface area contributed by atoms with E-state index in [1.165, 1.54) is 17.0 Å². The predicted molar refractivity (Wildman–Crippen MR) is 101 cm³/mol. The quantitative estimate of drug-likeness (QED) is 0.505. The summed E-state index contributed by atoms with van der Waals surface area (Å²) in [5, 5.41) is 2.90. The van der Waals surface area contributed by atoms with Crippen LogP contribution >= 0.6 is 0 Å². The van der Waals surface area contributed by atoms with E-state index in [9.17, 15) is 31.1 Å². The second kappa shape index (κ2) is 9.98. The van der Waals surface area contributed by atoms with Crippen molar-refractivity contribution in [2.24, 2.45) is 0 Å². The number of aromatic nitrogens is 2. The third-order valence-electron chi connectivity index (χ3n) is 4.64. The summed E-state index contributed by atoms with van der Waals surface area (Å²) >= 11 is 0. The smallest absolute Gasteiger partial charge is 0.369 e. The van der Waals surface area contributed by atoms with Gasteiger partial charge in [0.2, 0.25) is 11.9 Å². The van der Waals surface area contributed by atoms with Crippen LogP contribution in [-0.4, -0.2) is 52.4 Å². The van der Waals surface area contributed by atoms with Gasteiger partial charge in [-0.1, -0.05) is 12.1 Å². The van der Waals surface area contributed by atoms with Crippen molar-refractivity contribution in [2.45, 2.75) is 31.4 Å². The number of benzene rings is 1. The predicted octanol–water partition coefficient (Wildman–Crippen LogP) is 3.66. The van der Waals surface area contributed by atoms with Crippen molar-refractivity contribution >= 4 is 11.9 Å². The van der Waals surface area contributed by atoms with Gasteiger partial charge >= 0.3 is 6.18 Å². The van der Waals surface area contributed by atoms with Gasteiger partial charge in [0.25, 0.3) is 6.43 Å². The van der Waals surface area contributed by atoms with Crippen LogP contribution in [0.4, 0.5) is 32.3 Å². The Hall–Kier alpha value is -3.15. The Morgan fingerprint density at radius 3 is 2.44 bits per heavy atom. The highest BCUT2D eigenvalue weighted by Crippen LogP contribution is 2.29. The summed E-state index contributed by atoms with van der Waals surface area (Å²) < 4.78 is 81.6. The molecule has 1 fully saturated rings. The Bertz CT molecular complexity index is 935. The number of amides is 1. The first kappa shape index (κ1) is 23.5. The molecule has 32 heavy (non-hydrogen) atoms. The molecule has 2 aromatic rings. The van der Waals surface area contributed by atoms with Crippen molar-refractivity contribution in [1.29, 1.82) is 0 Å². The minimum Gasteiger partial charge on any atom is -0.369 e. The molecule has 0 bridgehead atoms. The number of hydrogen-bond donors (Lipinski definition) is 1. The topological polar surface area (TPSA) is 67.4 Å². The molecule has 0 aliphatic carbocycles. The van der Waals surface area contributed by atoms with E-state index in [0.29, 0.717) is 11.6 Å². The van der Waals surface area contributed by atoms with Gasteiger partial charge < -0.3 is 15.0 Å². The van der Waals surface area contributed by atoms with Gasteiger partial charge in [0.1, 0.15) is 0 Å². The average molecular weight is 460 g/mol. The molecule has 2 atom stereocenters. The van der Waals surface area contributed by atoms with Gasteiger partial charge in [0.05, 0.1) is 36.7 Å². The second-order valence-electron chi connectivity index (χ2n) is 6.96. The van der Waals surface area contributed by atoms with Crippen molar-refractivity contribution in [1.82, 2.24) is 14.9 Å². The van der Waals surface area contributed by atoms with Gasteiger partial charge in [-0.15, -0.1) is 0 Å². The Balaban J connectivity index is 1.69. The van der Waals surface area contributed by atoms with Crippen LogP contribution in [0.3, 0.4) is 0 Å². The SMILES string of the molecule is O=C(/C=C/C(F)F)N1C[C@@H](Nc2ncc(F)cn2)[C@H](OCc2ccc(C(F)(F)F)cc2)C1. The van der Waals surface area contributed by atoms with Crippen LogP contribution < -0.4 is 5.32 Å². The second-order valence-corrected chi connectivity index (χ2v) is 6.96. The molecule has 172 valence electrons. The summed E-state index contributed by atoms with van der Waals surface area (Å²) in [5.41, 5.74) is -0.324. The van der Waals surface area contributed by atoms with E-state index in [4.69, 9.17) is 4.74 Å². The van der Waals surface area contributed by atoms with Gasteiger partial charge in [0, 0.05) is 19.2 Å². The Labute approximate surface area is 178 Å². The number of carbonyl (C=O) groups excluding carboxylic acids is 1. The molecule has 0 radical (unpaired) electrons. The van der Waals surface area contributed by atoms with Crippen molar-refractivity contribution < 1.29 is 35.9 Å². The molecule has 1 aliphatic rings. The van der Waals surface area contributed by atoms with Gasteiger partial charge in [-0.2, -0.15) is 13.2 Å². The first-order chi connectivity index (χ1) is 15.1. The fraction of sp³-hybridized carbons (Fsp3) is 0.350. The highest BCUT2D eigenvalue weighted by molar-refractivity contribution is 5.88. The van der Waals surface area contributed by atoms with Crippen LogP contribution in [0.25, 0.3) is 0 Å². The Morgan fingerprint density at radius 2 is 1.84 bits per heavy atom. The number of allylic oxidation sites excluding steroid dienone is 1. The minimum atomic E-state index is -4.46. The van der Waals surface area contributed by atoms with Crippen LogP contribution in [-0.2, 0) is 22.3 Å². The third-order valence-corrected chi connectivity index (χ3v) is 4.64. The number of alkyl halides is 5. The molecule has 3 rings (SSSR count). The third kappa shape index (κ3) is 6.42. The summed E-state index contributed by atoms with van der Waals surface area (Å²) in [4.78, 5) is 21.0. The maximum absolute atomic E-state index is 13.0. The van der Waals surface area contributed by atoms with Crippen molar-refractivity contribution in [3.63, 3.8) is 0 Å². The molecule has 1 aromatic heterocycles. The molecule has 1 N–H and O–H groups in total. The van der Waals surface area contributed by atoms with Crippen LogP contribution in [0.15, 0.2) is 48.8 Å². The molecular formula is C20H18F6N4O2. The largest absolute Gasteiger partial charge is 0.416 e. The molecule has 1 aromatic carbocycles. The number of carbonyl (C=O) groups is 1. The lowest BCUT2D eigenvalue weighted by Gasteiger charge is -2.20. The maximum atomic E-state index is 13.0. The van der Waals surface area contributed by atoms with Crippen LogP contribution in [0.5, 0.6) is 0 Å². The zero-order valence-electron chi connectivity index (χ0n) is 16.4. The number of nitrogens with zero attached hydrogens (tertiary/aromatic N) is 3. The van der Waals surface area contributed by atoms with E-state index in [1.54, 1.807) is 0 Å². The molecule has 0 saturated carbocycles. The number of ether oxygens (including phenoxy) is 1. The molecule has 1 amide bonds. The fourth-order valence-corrected chi connectivity index (χ4v) is 3.07. The van der Waals surface area contributed by atoms with Crippen LogP contribution in [0.2, 0.25) is 0 Å². The molecule has 12 heteroatoms. The van der Waals surface area contributed by atoms with Crippen molar-refractivity contribution in [3.8, 4) is 0 Å². The van der Waals surface area contributed by atoms with Crippen molar-refractivity contribution in [2.75, 3.05) is 18.4 Å². The highest BCUT2D eigenvalue weighted by atomic mass is 19.4. The summed E-state index contributed by atoms with van der Waals surface area (Å²) in [6.45, 7) is 0.0386. The lowest BCUT2D eigenvalue weighted by molar-refractivity contribution is -0.137. The lowest BCUT2D eigenvalue weighted by Crippen LogP contribution is -2.35. The first-order valence-corrected chi connectivity index (χ1v) is 9.39. The van der Waals surface area contributed by atoms with E-state index < -0.39 is 42.0 Å². The maximum Gasteiger partial charge on any atom is 0.416 e. The number of anilines is 1. The zero-order chi connectivity index (χ0) is 23.3. The van der Waals surface area contributed by atoms with Gasteiger partial charge in [-0.3, -0.25) is 4.79 Å². The van der Waals surface area contributed by atoms with Crippen LogP contribution in [0.1, 0.15) is 11.1 Å². The normalized spacial score (nSPS) is 19.2. The number of nitrogens with one attached hydrogen (secondary N) is 1. The zero-order valence-corrected chi connectivity index (χ0v) is 16.4. The van der Waals surface area contributed by atoms with E-state index in [0.717, 1.165) is 30.6 Å². The van der Waals surface area contributed by atoms with Gasteiger partial charge in [-0.05, 0) is 23.8 Å². The molecule has 1 saturated heterocycles. The molecule has 0 spiro atoms. The van der Waals surface area contributed by atoms with E-state index in [-0.39, 0.29) is 25.6 Å². The van der Waals surface area contributed by atoms with E-state index in [1.807, 2.05) is 0 Å². The average Bonchev–Trinajstić information content (AvgIpc) is 3.14. The van der Waals surface area contributed by atoms with Crippen molar-refractivity contribution in [3.05, 3.63) is 65.8 Å². The molecule has 2 heterocycles. The number of likely N-dealkylation sites (tertiary alicyclic amines) is 1. The molecule has 1 aliphatic heterocycles. The Kier molecular flexibility index (Phi) is 7.33. The Morgan fingerprint density at radius 1 is 1.19 bits per heavy atom. The fourth-order valence-electron chi connectivity index (χ4n) is 3.07. The molecule has 0 unspecified atom stereocenters. The highest BCUT2D eigenvalue weighted by Gasteiger charge is 2.36. The number of rotatable bonds is 7. The van der Waals surface area contributed by atoms with Gasteiger partial charge in [0.15, 0.2) is 5.82 Å². The number of halogens is 6. The monoisotopic (exact) mass is 460 g/mol. The lowest BCUT2D eigenvalue weighted by atomic mass is 10.1. The van der Waals surface area contributed by atoms with Crippen LogP contribution in [0, 0.1) is 5.82 Å². The van der Waals surface area contributed by atoms with E-state index >= 15 is 0 Å².